The summed E-state index contributed by atoms with van der Waals surface area (Å²) in [5, 5.41) is 8.64. The second-order valence-electron chi connectivity index (χ2n) is 8.49. The second-order valence-corrected chi connectivity index (χ2v) is 9.40. The molecule has 0 amide bonds. The molecular weight excluding hydrogens is 458 g/mol. The molecular formula is C28H22BrN3. The first-order valence-corrected chi connectivity index (χ1v) is 11.3. The predicted octanol–water partition coefficient (Wildman–Crippen LogP) is 7.01. The summed E-state index contributed by atoms with van der Waals surface area (Å²) in [6.07, 6.45) is 3.56. The van der Waals surface area contributed by atoms with Gasteiger partial charge in [0.15, 0.2) is 5.84 Å². The van der Waals surface area contributed by atoms with Crippen LogP contribution in [-0.2, 0) is 5.41 Å². The van der Waals surface area contributed by atoms with E-state index >= 15 is 0 Å². The van der Waals surface area contributed by atoms with E-state index in [-0.39, 0.29) is 11.3 Å². The largest absolute Gasteiger partial charge is 0.282 e. The summed E-state index contributed by atoms with van der Waals surface area (Å²) in [4.78, 5) is 9.08. The van der Waals surface area contributed by atoms with Gasteiger partial charge in [0.2, 0.25) is 0 Å². The molecule has 0 bridgehead atoms. The Morgan fingerprint density at radius 1 is 0.812 bits per heavy atom. The van der Waals surface area contributed by atoms with Crippen LogP contribution in [-0.4, -0.2) is 16.5 Å². The van der Waals surface area contributed by atoms with Crippen molar-refractivity contribution in [3.05, 3.63) is 124 Å². The van der Waals surface area contributed by atoms with Gasteiger partial charge in [-0.3, -0.25) is 10.4 Å². The lowest BCUT2D eigenvalue weighted by molar-refractivity contribution is 0.660. The van der Waals surface area contributed by atoms with Crippen molar-refractivity contribution in [2.24, 2.45) is 4.99 Å². The maximum absolute atomic E-state index is 8.64. The number of aliphatic imine (C=N–C) groups is 1. The Hall–Kier alpha value is -3.37. The molecule has 156 valence electrons. The van der Waals surface area contributed by atoms with Crippen LogP contribution in [0.4, 0.5) is 0 Å². The normalized spacial score (nSPS) is 14.0. The highest BCUT2D eigenvalue weighted by atomic mass is 79.9. The summed E-state index contributed by atoms with van der Waals surface area (Å²) >= 11 is 3.46. The molecule has 32 heavy (non-hydrogen) atoms. The third-order valence-corrected chi connectivity index (χ3v) is 6.66. The molecule has 0 saturated heterocycles. The van der Waals surface area contributed by atoms with Gasteiger partial charge in [-0.1, -0.05) is 78.3 Å². The summed E-state index contributed by atoms with van der Waals surface area (Å²) in [6, 6.07) is 26.7. The van der Waals surface area contributed by atoms with E-state index in [0.717, 1.165) is 26.9 Å². The lowest BCUT2D eigenvalue weighted by Gasteiger charge is -2.22. The number of hydrogen-bond donors (Lipinski definition) is 1. The van der Waals surface area contributed by atoms with Gasteiger partial charge in [-0.25, -0.2) is 4.99 Å². The summed E-state index contributed by atoms with van der Waals surface area (Å²) in [5.74, 6) is 0.222. The monoisotopic (exact) mass is 479 g/mol. The van der Waals surface area contributed by atoms with E-state index in [1.54, 1.807) is 12.4 Å². The summed E-state index contributed by atoms with van der Waals surface area (Å²) < 4.78 is 0.978. The van der Waals surface area contributed by atoms with E-state index in [9.17, 15) is 0 Å². The third kappa shape index (κ3) is 3.51. The average Bonchev–Trinajstić information content (AvgIpc) is 3.05. The molecule has 3 nitrogen and oxygen atoms in total. The minimum atomic E-state index is -0.0960. The maximum Gasteiger partial charge on any atom is 0.152 e. The number of halogens is 1. The van der Waals surface area contributed by atoms with Gasteiger partial charge in [0, 0.05) is 39.0 Å². The van der Waals surface area contributed by atoms with E-state index in [1.165, 1.54) is 22.3 Å². The molecule has 0 saturated carbocycles. The Morgan fingerprint density at radius 3 is 2.28 bits per heavy atom. The lowest BCUT2D eigenvalue weighted by atomic mass is 9.81. The number of aromatic nitrogens is 1. The fourth-order valence-corrected chi connectivity index (χ4v) is 4.70. The molecule has 3 aromatic carbocycles. The highest BCUT2D eigenvalue weighted by Gasteiger charge is 2.35. The highest BCUT2D eigenvalue weighted by molar-refractivity contribution is 9.10. The van der Waals surface area contributed by atoms with Crippen molar-refractivity contribution in [1.29, 1.82) is 5.41 Å². The highest BCUT2D eigenvalue weighted by Crippen LogP contribution is 2.48. The van der Waals surface area contributed by atoms with E-state index < -0.39 is 0 Å². The number of fused-ring (bicyclic) bond motifs is 3. The molecule has 0 atom stereocenters. The van der Waals surface area contributed by atoms with E-state index in [0.29, 0.717) is 0 Å². The van der Waals surface area contributed by atoms with Crippen LogP contribution in [0.3, 0.4) is 0 Å². The summed E-state index contributed by atoms with van der Waals surface area (Å²) in [7, 11) is 0. The fraction of sp³-hybridized carbons (Fsp3) is 0.107. The molecule has 1 N–H and O–H groups in total. The van der Waals surface area contributed by atoms with Gasteiger partial charge in [-0.15, -0.1) is 0 Å². The molecule has 4 heteroatoms. The zero-order valence-corrected chi connectivity index (χ0v) is 19.5. The minimum Gasteiger partial charge on any atom is -0.282 e. The quantitative estimate of drug-likeness (QED) is 0.249. The molecule has 0 spiro atoms. The second kappa shape index (κ2) is 7.95. The van der Waals surface area contributed by atoms with E-state index in [1.807, 2.05) is 36.4 Å². The first kappa shape index (κ1) is 20.5. The summed E-state index contributed by atoms with van der Waals surface area (Å²) in [5.41, 5.74) is 8.48. The van der Waals surface area contributed by atoms with Crippen LogP contribution in [0.2, 0.25) is 0 Å². The molecule has 1 aliphatic carbocycles. The standard InChI is InChI=1S/C28H22BrN3/c1-28(2)24-8-4-3-7-22(24)23-14-11-19(16-25(23)28)26(20-6-5-15-31-17-20)32-27(30)18-9-12-21(29)13-10-18/h3-17,30H,1-2H3. The number of amidine groups is 1. The zero-order valence-electron chi connectivity index (χ0n) is 17.9. The van der Waals surface area contributed by atoms with Gasteiger partial charge in [0.25, 0.3) is 0 Å². The lowest BCUT2D eigenvalue weighted by Crippen LogP contribution is -2.16. The molecule has 1 heterocycles. The first-order chi connectivity index (χ1) is 15.4. The number of hydrogen-bond acceptors (Lipinski definition) is 2. The molecule has 4 aromatic rings. The number of nitrogens with one attached hydrogen (secondary N) is 1. The van der Waals surface area contributed by atoms with Crippen LogP contribution in [0.15, 0.2) is 101 Å². The van der Waals surface area contributed by atoms with Crippen molar-refractivity contribution >= 4 is 27.5 Å². The molecule has 0 aliphatic heterocycles. The van der Waals surface area contributed by atoms with Crippen molar-refractivity contribution in [2.75, 3.05) is 0 Å². The smallest absolute Gasteiger partial charge is 0.152 e. The first-order valence-electron chi connectivity index (χ1n) is 10.5. The average molecular weight is 480 g/mol. The predicted molar refractivity (Wildman–Crippen MR) is 135 cm³/mol. The van der Waals surface area contributed by atoms with Crippen molar-refractivity contribution in [3.8, 4) is 11.1 Å². The maximum atomic E-state index is 8.64. The van der Waals surface area contributed by atoms with Crippen LogP contribution < -0.4 is 0 Å². The molecule has 1 aliphatic rings. The molecule has 0 fully saturated rings. The van der Waals surface area contributed by atoms with E-state index in [2.05, 4.69) is 77.2 Å². The minimum absolute atomic E-state index is 0.0960. The molecule has 0 unspecified atom stereocenters. The fourth-order valence-electron chi connectivity index (χ4n) is 4.43. The number of pyridine rings is 1. The number of nitrogens with zero attached hydrogens (tertiary/aromatic N) is 2. The molecule has 5 rings (SSSR count). The Labute approximate surface area is 196 Å². The van der Waals surface area contributed by atoms with Gasteiger partial charge < -0.3 is 0 Å². The van der Waals surface area contributed by atoms with Crippen molar-refractivity contribution in [3.63, 3.8) is 0 Å². The Kier molecular flexibility index (Phi) is 5.10. The van der Waals surface area contributed by atoms with Crippen LogP contribution in [0.25, 0.3) is 11.1 Å². The molecule has 1 aromatic heterocycles. The Balaban J connectivity index is 1.65. The van der Waals surface area contributed by atoms with E-state index in [4.69, 9.17) is 10.4 Å². The van der Waals surface area contributed by atoms with Crippen LogP contribution >= 0.6 is 15.9 Å². The van der Waals surface area contributed by atoms with Crippen molar-refractivity contribution in [1.82, 2.24) is 4.98 Å². The van der Waals surface area contributed by atoms with Gasteiger partial charge in [0.1, 0.15) is 0 Å². The van der Waals surface area contributed by atoms with Crippen LogP contribution in [0.1, 0.15) is 41.7 Å². The van der Waals surface area contributed by atoms with Crippen molar-refractivity contribution < 1.29 is 0 Å². The Bertz CT molecular complexity index is 1350. The van der Waals surface area contributed by atoms with Crippen LogP contribution in [0.5, 0.6) is 0 Å². The van der Waals surface area contributed by atoms with Gasteiger partial charge in [-0.05, 0) is 52.6 Å². The number of rotatable bonds is 3. The summed E-state index contributed by atoms with van der Waals surface area (Å²) in [6.45, 7) is 4.54. The van der Waals surface area contributed by atoms with Gasteiger partial charge >= 0.3 is 0 Å². The topological polar surface area (TPSA) is 49.1 Å². The van der Waals surface area contributed by atoms with Gasteiger partial charge in [0.05, 0.1) is 5.71 Å². The van der Waals surface area contributed by atoms with Gasteiger partial charge in [-0.2, -0.15) is 0 Å². The SMILES string of the molecule is CC1(C)c2ccccc2-c2ccc(C(=NC(=N)c3ccc(Br)cc3)c3cccnc3)cc21. The third-order valence-electron chi connectivity index (χ3n) is 6.13. The molecule has 0 radical (unpaired) electrons. The number of benzene rings is 3. The zero-order chi connectivity index (χ0) is 22.3. The van der Waals surface area contributed by atoms with Crippen molar-refractivity contribution in [2.45, 2.75) is 19.3 Å². The Morgan fingerprint density at radius 2 is 1.53 bits per heavy atom. The van der Waals surface area contributed by atoms with Crippen LogP contribution in [0, 0.1) is 5.41 Å².